The highest BCUT2D eigenvalue weighted by Gasteiger charge is 2.44. The first-order chi connectivity index (χ1) is 29.4. The van der Waals surface area contributed by atoms with Crippen molar-refractivity contribution >= 4 is 5.97 Å². The molecule has 354 valence electrons. The molecule has 0 aliphatic carbocycles. The summed E-state index contributed by atoms with van der Waals surface area (Å²) in [5.74, 6) is -0.324. The van der Waals surface area contributed by atoms with E-state index in [-0.39, 0.29) is 19.2 Å². The smallest absolute Gasteiger partial charge is 0.306 e. The van der Waals surface area contributed by atoms with E-state index >= 15 is 0 Å². The average Bonchev–Trinajstić information content (AvgIpc) is 3.25. The first-order valence-corrected chi connectivity index (χ1v) is 25.4. The molecule has 0 spiro atoms. The molecule has 0 aromatic rings. The third-order valence-corrected chi connectivity index (χ3v) is 11.9. The van der Waals surface area contributed by atoms with Gasteiger partial charge in [-0.15, -0.1) is 0 Å². The third kappa shape index (κ3) is 33.3. The summed E-state index contributed by atoms with van der Waals surface area (Å²) in [6.07, 6.45) is 43.7. The lowest BCUT2D eigenvalue weighted by molar-refractivity contribution is -0.305. The molecule has 0 saturated carbocycles. The van der Waals surface area contributed by atoms with Crippen LogP contribution in [0.25, 0.3) is 0 Å². The van der Waals surface area contributed by atoms with Crippen LogP contribution in [0, 0.1) is 0 Å². The quantitative estimate of drug-likeness (QED) is 0.0268. The van der Waals surface area contributed by atoms with Crippen LogP contribution in [0.3, 0.4) is 0 Å². The molecule has 9 nitrogen and oxygen atoms in total. The number of hydrogen-bond acceptors (Lipinski definition) is 9. The highest BCUT2D eigenvalue weighted by Crippen LogP contribution is 2.23. The van der Waals surface area contributed by atoms with Gasteiger partial charge in [0.15, 0.2) is 6.29 Å². The number of rotatable bonds is 44. The summed E-state index contributed by atoms with van der Waals surface area (Å²) < 4.78 is 22.9. The molecule has 0 amide bonds. The monoisotopic (exact) mass is 853 g/mol. The van der Waals surface area contributed by atoms with Crippen LogP contribution < -0.4 is 0 Å². The van der Waals surface area contributed by atoms with E-state index in [1.165, 1.54) is 148 Å². The van der Waals surface area contributed by atoms with Crippen molar-refractivity contribution < 1.29 is 44.2 Å². The molecule has 1 rings (SSSR count). The third-order valence-electron chi connectivity index (χ3n) is 11.9. The van der Waals surface area contributed by atoms with Crippen LogP contribution in [0.5, 0.6) is 0 Å². The molecule has 0 aromatic heterocycles. The summed E-state index contributed by atoms with van der Waals surface area (Å²) in [5.41, 5.74) is 0. The molecule has 60 heavy (non-hydrogen) atoms. The van der Waals surface area contributed by atoms with Crippen molar-refractivity contribution in [3.05, 3.63) is 24.3 Å². The minimum absolute atomic E-state index is 0.115. The summed E-state index contributed by atoms with van der Waals surface area (Å²) in [5, 5.41) is 40.2. The second kappa shape index (κ2) is 42.9. The van der Waals surface area contributed by atoms with Gasteiger partial charge in [-0.25, -0.2) is 0 Å². The minimum atomic E-state index is -1.54. The normalized spacial score (nSPS) is 20.1. The van der Waals surface area contributed by atoms with Gasteiger partial charge in [-0.2, -0.15) is 0 Å². The van der Waals surface area contributed by atoms with E-state index in [2.05, 4.69) is 38.2 Å². The van der Waals surface area contributed by atoms with Gasteiger partial charge in [0, 0.05) is 13.0 Å². The molecule has 6 atom stereocenters. The molecule has 1 fully saturated rings. The van der Waals surface area contributed by atoms with Crippen molar-refractivity contribution in [1.82, 2.24) is 0 Å². The first-order valence-electron chi connectivity index (χ1n) is 25.4. The van der Waals surface area contributed by atoms with Gasteiger partial charge in [-0.1, -0.05) is 212 Å². The van der Waals surface area contributed by atoms with E-state index in [1.54, 1.807) is 0 Å². The van der Waals surface area contributed by atoms with Gasteiger partial charge in [0.05, 0.1) is 19.8 Å². The fraction of sp³-hybridized carbons (Fsp3) is 0.902. The number of hydrogen-bond donors (Lipinski definition) is 4. The molecule has 1 aliphatic heterocycles. The van der Waals surface area contributed by atoms with Gasteiger partial charge in [0.1, 0.15) is 30.5 Å². The zero-order valence-corrected chi connectivity index (χ0v) is 39.0. The average molecular weight is 853 g/mol. The zero-order valence-electron chi connectivity index (χ0n) is 39.0. The Bertz CT molecular complexity index is 972. The largest absolute Gasteiger partial charge is 0.457 e. The summed E-state index contributed by atoms with van der Waals surface area (Å²) in [6, 6.07) is 0. The molecule has 0 bridgehead atoms. The van der Waals surface area contributed by atoms with Gasteiger partial charge < -0.3 is 39.4 Å². The summed E-state index contributed by atoms with van der Waals surface area (Å²) >= 11 is 0. The van der Waals surface area contributed by atoms with Crippen LogP contribution in [0.4, 0.5) is 0 Å². The second-order valence-corrected chi connectivity index (χ2v) is 17.6. The van der Waals surface area contributed by atoms with Crippen LogP contribution in [0.1, 0.15) is 232 Å². The SMILES string of the molecule is CCC/C=C\C/C=C\CCCCCCCC(=O)OC(COCCCCCCCCCCCCCCCCCCCCCCCCCC)COC1OC(CO)C(O)C(O)C1O. The van der Waals surface area contributed by atoms with Crippen molar-refractivity contribution in [2.75, 3.05) is 26.4 Å². The molecule has 1 heterocycles. The maximum absolute atomic E-state index is 12.8. The predicted octanol–water partition coefficient (Wildman–Crippen LogP) is 12.1. The van der Waals surface area contributed by atoms with E-state index in [0.29, 0.717) is 13.0 Å². The van der Waals surface area contributed by atoms with E-state index in [1.807, 2.05) is 0 Å². The predicted molar refractivity (Wildman–Crippen MR) is 247 cm³/mol. The molecule has 1 saturated heterocycles. The molecular formula is C51H96O9. The molecular weight excluding hydrogens is 757 g/mol. The van der Waals surface area contributed by atoms with E-state index in [0.717, 1.165) is 64.2 Å². The lowest BCUT2D eigenvalue weighted by Crippen LogP contribution is -2.59. The zero-order chi connectivity index (χ0) is 43.6. The standard InChI is InChI=1S/C51H96O9/c1-3-5-7-9-11-13-15-17-18-19-20-21-22-23-24-25-26-27-29-31-33-35-37-39-41-57-43-45(44-58-51-50(56)49(55)48(54)46(42-52)60-51)59-47(53)40-38-36-34-32-30-28-16-14-12-10-8-6-4-2/h8,10,14,16,45-46,48-52,54-56H,3-7,9,11-13,15,17-44H2,1-2H3/b10-8-,16-14-. The van der Waals surface area contributed by atoms with Crippen molar-refractivity contribution in [1.29, 1.82) is 0 Å². The highest BCUT2D eigenvalue weighted by molar-refractivity contribution is 5.69. The summed E-state index contributed by atoms with van der Waals surface area (Å²) in [4.78, 5) is 12.8. The van der Waals surface area contributed by atoms with Gasteiger partial charge >= 0.3 is 5.97 Å². The van der Waals surface area contributed by atoms with Gasteiger partial charge in [0.2, 0.25) is 0 Å². The second-order valence-electron chi connectivity index (χ2n) is 17.6. The van der Waals surface area contributed by atoms with Gasteiger partial charge in [0.25, 0.3) is 0 Å². The Hall–Kier alpha value is -1.33. The van der Waals surface area contributed by atoms with Crippen LogP contribution in [0.2, 0.25) is 0 Å². The number of allylic oxidation sites excluding steroid dienone is 4. The molecule has 0 radical (unpaired) electrons. The van der Waals surface area contributed by atoms with Gasteiger partial charge in [-0.3, -0.25) is 4.79 Å². The van der Waals surface area contributed by atoms with Crippen LogP contribution in [-0.4, -0.2) is 89.6 Å². The topological polar surface area (TPSA) is 135 Å². The van der Waals surface area contributed by atoms with Gasteiger partial charge in [-0.05, 0) is 38.5 Å². The number of aliphatic hydroxyl groups excluding tert-OH is 4. The van der Waals surface area contributed by atoms with E-state index < -0.39 is 43.4 Å². The molecule has 1 aliphatic rings. The molecule has 4 N–H and O–H groups in total. The molecule has 6 unspecified atom stereocenters. The van der Waals surface area contributed by atoms with Crippen molar-refractivity contribution in [3.63, 3.8) is 0 Å². The number of ether oxygens (including phenoxy) is 4. The lowest BCUT2D eigenvalue weighted by Gasteiger charge is -2.39. The Morgan fingerprint density at radius 2 is 1.00 bits per heavy atom. The maximum Gasteiger partial charge on any atom is 0.306 e. The van der Waals surface area contributed by atoms with Crippen molar-refractivity contribution in [2.45, 2.75) is 269 Å². The number of esters is 1. The number of aliphatic hydroxyl groups is 4. The Balaban J connectivity index is 2.15. The number of carbonyl (C=O) groups excluding carboxylic acids is 1. The fourth-order valence-electron chi connectivity index (χ4n) is 7.88. The van der Waals surface area contributed by atoms with Crippen LogP contribution >= 0.6 is 0 Å². The molecule has 9 heteroatoms. The van der Waals surface area contributed by atoms with Crippen molar-refractivity contribution in [3.8, 4) is 0 Å². The first kappa shape index (κ1) is 56.7. The minimum Gasteiger partial charge on any atom is -0.457 e. The molecule has 0 aromatic carbocycles. The van der Waals surface area contributed by atoms with Crippen LogP contribution in [0.15, 0.2) is 24.3 Å². The van der Waals surface area contributed by atoms with Crippen LogP contribution in [-0.2, 0) is 23.7 Å². The Morgan fingerprint density at radius 3 is 1.50 bits per heavy atom. The van der Waals surface area contributed by atoms with E-state index in [4.69, 9.17) is 18.9 Å². The highest BCUT2D eigenvalue weighted by atomic mass is 16.7. The van der Waals surface area contributed by atoms with E-state index in [9.17, 15) is 25.2 Å². The fourth-order valence-corrected chi connectivity index (χ4v) is 7.88. The Kier molecular flexibility index (Phi) is 40.6. The Morgan fingerprint density at radius 1 is 0.533 bits per heavy atom. The lowest BCUT2D eigenvalue weighted by atomic mass is 9.99. The maximum atomic E-state index is 12.8. The summed E-state index contributed by atoms with van der Waals surface area (Å²) in [6.45, 7) is 4.52. The van der Waals surface area contributed by atoms with Crippen molar-refractivity contribution in [2.24, 2.45) is 0 Å². The summed E-state index contributed by atoms with van der Waals surface area (Å²) in [7, 11) is 0. The Labute approximate surface area is 368 Å². The number of carbonyl (C=O) groups is 1. The number of unbranched alkanes of at least 4 members (excludes halogenated alkanes) is 29.